The van der Waals surface area contributed by atoms with Crippen molar-refractivity contribution >= 4 is 22.5 Å². The molecule has 0 saturated carbocycles. The summed E-state index contributed by atoms with van der Waals surface area (Å²) in [5, 5.41) is 15.2. The van der Waals surface area contributed by atoms with Gasteiger partial charge in [-0.1, -0.05) is 49.4 Å². The number of aliphatic hydroxyl groups excluding tert-OH is 1. The van der Waals surface area contributed by atoms with Crippen LogP contribution in [0.4, 0.5) is 0 Å². The Balaban J connectivity index is 2.24. The lowest BCUT2D eigenvalue weighted by atomic mass is 9.99. The molecule has 20 heavy (non-hydrogen) atoms. The van der Waals surface area contributed by atoms with Gasteiger partial charge in [-0.25, -0.2) is 0 Å². The molecular weight excluding hydrogens is 266 g/mol. The molecule has 0 fully saturated rings. The molecule has 3 heteroatoms. The van der Waals surface area contributed by atoms with E-state index in [0.29, 0.717) is 6.04 Å². The number of hydrogen-bond donors (Lipinski definition) is 2. The van der Waals surface area contributed by atoms with Crippen LogP contribution in [0.3, 0.4) is 0 Å². The van der Waals surface area contributed by atoms with Crippen molar-refractivity contribution in [1.29, 1.82) is 0 Å². The van der Waals surface area contributed by atoms with Crippen molar-refractivity contribution < 1.29 is 5.11 Å². The van der Waals surface area contributed by atoms with Gasteiger partial charge in [-0.3, -0.25) is 0 Å². The fraction of sp³-hybridized carbons (Fsp3) is 0.412. The molecule has 2 aromatic carbocycles. The Hall–Kier alpha value is -1.03. The largest absolute Gasteiger partial charge is 0.396 e. The van der Waals surface area contributed by atoms with Crippen LogP contribution in [-0.4, -0.2) is 29.8 Å². The van der Waals surface area contributed by atoms with Gasteiger partial charge in [0.05, 0.1) is 6.61 Å². The molecule has 0 aliphatic carbocycles. The van der Waals surface area contributed by atoms with Crippen LogP contribution in [0.5, 0.6) is 0 Å². The molecule has 0 heterocycles. The molecule has 108 valence electrons. The molecule has 1 atom stereocenters. The molecule has 0 aliphatic heterocycles. The third-order valence-electron chi connectivity index (χ3n) is 3.36. The van der Waals surface area contributed by atoms with Crippen LogP contribution in [-0.2, 0) is 0 Å². The molecule has 0 aromatic heterocycles. The molecule has 0 radical (unpaired) electrons. The SMILES string of the molecule is CCCNC(CSCCO)c1cccc2ccccc12. The van der Waals surface area contributed by atoms with Crippen molar-refractivity contribution in [3.8, 4) is 0 Å². The second-order valence-electron chi connectivity index (χ2n) is 4.87. The first-order valence-electron chi connectivity index (χ1n) is 7.26. The second kappa shape index (κ2) is 8.30. The Morgan fingerprint density at radius 3 is 2.75 bits per heavy atom. The van der Waals surface area contributed by atoms with Crippen LogP contribution in [0.25, 0.3) is 10.8 Å². The van der Waals surface area contributed by atoms with Gasteiger partial charge in [0.2, 0.25) is 0 Å². The lowest BCUT2D eigenvalue weighted by molar-refractivity contribution is 0.322. The van der Waals surface area contributed by atoms with Gasteiger partial charge in [0.1, 0.15) is 0 Å². The number of fused-ring (bicyclic) bond motifs is 1. The van der Waals surface area contributed by atoms with Crippen molar-refractivity contribution in [2.24, 2.45) is 0 Å². The van der Waals surface area contributed by atoms with Crippen molar-refractivity contribution in [1.82, 2.24) is 5.32 Å². The summed E-state index contributed by atoms with van der Waals surface area (Å²) in [6, 6.07) is 15.4. The minimum absolute atomic E-state index is 0.251. The van der Waals surface area contributed by atoms with Gasteiger partial charge >= 0.3 is 0 Å². The third kappa shape index (κ3) is 3.98. The van der Waals surface area contributed by atoms with E-state index in [0.717, 1.165) is 24.5 Å². The summed E-state index contributed by atoms with van der Waals surface area (Å²) in [4.78, 5) is 0. The first kappa shape index (κ1) is 15.4. The average Bonchev–Trinajstić information content (AvgIpc) is 2.50. The van der Waals surface area contributed by atoms with E-state index >= 15 is 0 Å². The highest BCUT2D eigenvalue weighted by Gasteiger charge is 2.13. The molecule has 2 rings (SSSR count). The average molecular weight is 289 g/mol. The van der Waals surface area contributed by atoms with E-state index in [1.165, 1.54) is 16.3 Å². The van der Waals surface area contributed by atoms with Crippen LogP contribution < -0.4 is 5.32 Å². The summed E-state index contributed by atoms with van der Waals surface area (Å²) >= 11 is 1.80. The Labute approximate surface area is 125 Å². The zero-order valence-corrected chi connectivity index (χ0v) is 12.8. The number of benzene rings is 2. The van der Waals surface area contributed by atoms with Gasteiger partial charge in [0.25, 0.3) is 0 Å². The molecule has 0 spiro atoms. The van der Waals surface area contributed by atoms with Crippen molar-refractivity contribution in [3.05, 3.63) is 48.0 Å². The van der Waals surface area contributed by atoms with E-state index in [1.54, 1.807) is 11.8 Å². The van der Waals surface area contributed by atoms with Crippen LogP contribution in [0.15, 0.2) is 42.5 Å². The van der Waals surface area contributed by atoms with Gasteiger partial charge in [-0.05, 0) is 29.3 Å². The molecule has 2 aromatic rings. The minimum Gasteiger partial charge on any atom is -0.396 e. The number of rotatable bonds is 8. The summed E-state index contributed by atoms with van der Waals surface area (Å²) in [7, 11) is 0. The normalized spacial score (nSPS) is 12.7. The maximum atomic E-state index is 8.96. The smallest absolute Gasteiger partial charge is 0.0521 e. The summed E-state index contributed by atoms with van der Waals surface area (Å²) in [5.74, 6) is 1.80. The molecule has 1 unspecified atom stereocenters. The highest BCUT2D eigenvalue weighted by molar-refractivity contribution is 7.99. The number of nitrogens with one attached hydrogen (secondary N) is 1. The van der Waals surface area contributed by atoms with E-state index in [-0.39, 0.29) is 6.61 Å². The zero-order valence-electron chi connectivity index (χ0n) is 12.0. The lowest BCUT2D eigenvalue weighted by Gasteiger charge is -2.20. The van der Waals surface area contributed by atoms with Gasteiger partial charge in [0.15, 0.2) is 0 Å². The minimum atomic E-state index is 0.251. The lowest BCUT2D eigenvalue weighted by Crippen LogP contribution is -2.24. The second-order valence-corrected chi connectivity index (χ2v) is 6.02. The van der Waals surface area contributed by atoms with E-state index in [1.807, 2.05) is 0 Å². The predicted octanol–water partition coefficient (Wildman–Crippen LogP) is 3.61. The fourth-order valence-corrected chi connectivity index (χ4v) is 3.23. The molecule has 0 saturated heterocycles. The van der Waals surface area contributed by atoms with Gasteiger partial charge < -0.3 is 10.4 Å². The summed E-state index contributed by atoms with van der Waals surface area (Å²) in [6.07, 6.45) is 1.13. The van der Waals surface area contributed by atoms with E-state index in [2.05, 4.69) is 54.7 Å². The van der Waals surface area contributed by atoms with Crippen molar-refractivity contribution in [2.45, 2.75) is 19.4 Å². The first-order valence-corrected chi connectivity index (χ1v) is 8.42. The number of hydrogen-bond acceptors (Lipinski definition) is 3. The topological polar surface area (TPSA) is 32.3 Å². The van der Waals surface area contributed by atoms with Crippen LogP contribution >= 0.6 is 11.8 Å². The fourth-order valence-electron chi connectivity index (χ4n) is 2.40. The molecule has 0 bridgehead atoms. The first-order chi connectivity index (χ1) is 9.86. The Morgan fingerprint density at radius 1 is 1.15 bits per heavy atom. The standard InChI is InChI=1S/C17H23NOS/c1-2-10-18-17(13-20-12-11-19)16-9-5-7-14-6-3-4-8-15(14)16/h3-9,17-19H,2,10-13H2,1H3. The van der Waals surface area contributed by atoms with Gasteiger partial charge in [-0.2, -0.15) is 11.8 Å². The Kier molecular flexibility index (Phi) is 6.37. The maximum Gasteiger partial charge on any atom is 0.0521 e. The predicted molar refractivity (Wildman–Crippen MR) is 89.4 cm³/mol. The molecule has 2 N–H and O–H groups in total. The molecule has 0 amide bonds. The van der Waals surface area contributed by atoms with E-state index in [9.17, 15) is 0 Å². The summed E-state index contributed by atoms with van der Waals surface area (Å²) < 4.78 is 0. The van der Waals surface area contributed by atoms with Crippen LogP contribution in [0, 0.1) is 0 Å². The van der Waals surface area contributed by atoms with Crippen molar-refractivity contribution in [3.63, 3.8) is 0 Å². The zero-order chi connectivity index (χ0) is 14.2. The van der Waals surface area contributed by atoms with Crippen molar-refractivity contribution in [2.75, 3.05) is 24.7 Å². The summed E-state index contributed by atoms with van der Waals surface area (Å²) in [5.41, 5.74) is 1.36. The third-order valence-corrected chi connectivity index (χ3v) is 4.40. The van der Waals surface area contributed by atoms with Gasteiger partial charge in [-0.15, -0.1) is 0 Å². The van der Waals surface area contributed by atoms with Crippen LogP contribution in [0.1, 0.15) is 24.9 Å². The maximum absolute atomic E-state index is 8.96. The quantitative estimate of drug-likeness (QED) is 0.728. The highest BCUT2D eigenvalue weighted by atomic mass is 32.2. The molecule has 0 aliphatic rings. The highest BCUT2D eigenvalue weighted by Crippen LogP contribution is 2.26. The number of aliphatic hydroxyl groups is 1. The number of thioether (sulfide) groups is 1. The molecular formula is C17H23NOS. The Bertz CT molecular complexity index is 524. The van der Waals surface area contributed by atoms with E-state index in [4.69, 9.17) is 5.11 Å². The molecule has 2 nitrogen and oxygen atoms in total. The Morgan fingerprint density at radius 2 is 1.95 bits per heavy atom. The summed E-state index contributed by atoms with van der Waals surface area (Å²) in [6.45, 7) is 3.46. The van der Waals surface area contributed by atoms with Gasteiger partial charge in [0, 0.05) is 17.5 Å². The monoisotopic (exact) mass is 289 g/mol. The van der Waals surface area contributed by atoms with E-state index < -0.39 is 0 Å². The van der Waals surface area contributed by atoms with Crippen LogP contribution in [0.2, 0.25) is 0 Å².